The van der Waals surface area contributed by atoms with Crippen molar-refractivity contribution in [3.8, 4) is 0 Å². The van der Waals surface area contributed by atoms with E-state index in [0.717, 1.165) is 44.0 Å². The van der Waals surface area contributed by atoms with Crippen LogP contribution in [0.15, 0.2) is 18.3 Å². The van der Waals surface area contributed by atoms with E-state index < -0.39 is 5.60 Å². The molecule has 1 aromatic rings. The number of β-amino-alcohol motifs (C(OH)–C–C–N with tert-alkyl or cyclic N) is 1. The molecule has 2 saturated heterocycles. The molecule has 6 nitrogen and oxygen atoms in total. The number of rotatable bonds is 2. The lowest BCUT2D eigenvalue weighted by atomic mass is 9.91. The van der Waals surface area contributed by atoms with Gasteiger partial charge in [0.05, 0.1) is 17.8 Å². The van der Waals surface area contributed by atoms with Crippen LogP contribution >= 0.6 is 0 Å². The number of nitrogens with zero attached hydrogens (tertiary/aromatic N) is 3. The van der Waals surface area contributed by atoms with E-state index in [9.17, 15) is 9.90 Å². The first kappa shape index (κ1) is 14.0. The van der Waals surface area contributed by atoms with Crippen LogP contribution in [0, 0.1) is 0 Å². The van der Waals surface area contributed by atoms with Crippen LogP contribution in [-0.4, -0.2) is 53.8 Å². The van der Waals surface area contributed by atoms with Gasteiger partial charge in [-0.25, -0.2) is 4.98 Å². The number of nitrogens with one attached hydrogen (secondary N) is 1. The SMILES string of the molecule is O=C1[C@H]2CCCN2c2ncccc2N1CC1(O)CCNCC1. The average Bonchev–Trinajstić information content (AvgIpc) is 3.02. The Morgan fingerprint density at radius 2 is 2.23 bits per heavy atom. The zero-order valence-electron chi connectivity index (χ0n) is 12.7. The third-order valence-electron chi connectivity index (χ3n) is 5.12. The van der Waals surface area contributed by atoms with Gasteiger partial charge in [-0.15, -0.1) is 0 Å². The molecule has 2 N–H and O–H groups in total. The number of hydrogen-bond donors (Lipinski definition) is 2. The summed E-state index contributed by atoms with van der Waals surface area (Å²) in [6.07, 6.45) is 5.04. The van der Waals surface area contributed by atoms with Crippen molar-refractivity contribution in [2.75, 3.05) is 36.0 Å². The number of fused-ring (bicyclic) bond motifs is 3. The number of aliphatic hydroxyl groups is 1. The van der Waals surface area contributed by atoms with Crippen molar-refractivity contribution in [2.24, 2.45) is 0 Å². The summed E-state index contributed by atoms with van der Waals surface area (Å²) < 4.78 is 0. The van der Waals surface area contributed by atoms with Gasteiger partial charge in [0.2, 0.25) is 5.91 Å². The van der Waals surface area contributed by atoms with Crippen molar-refractivity contribution in [1.82, 2.24) is 10.3 Å². The molecule has 118 valence electrons. The van der Waals surface area contributed by atoms with E-state index in [1.807, 2.05) is 12.1 Å². The third kappa shape index (κ3) is 2.18. The second-order valence-corrected chi connectivity index (χ2v) is 6.60. The Bertz CT molecular complexity index is 585. The van der Waals surface area contributed by atoms with Crippen molar-refractivity contribution >= 4 is 17.4 Å². The van der Waals surface area contributed by atoms with E-state index >= 15 is 0 Å². The zero-order valence-corrected chi connectivity index (χ0v) is 12.7. The van der Waals surface area contributed by atoms with Gasteiger partial charge in [0.1, 0.15) is 6.04 Å². The lowest BCUT2D eigenvalue weighted by Crippen LogP contribution is -2.57. The molecule has 0 aliphatic carbocycles. The van der Waals surface area contributed by atoms with Crippen LogP contribution in [0.4, 0.5) is 11.5 Å². The van der Waals surface area contributed by atoms with Gasteiger partial charge in [0.25, 0.3) is 0 Å². The minimum atomic E-state index is -0.797. The molecular weight excluding hydrogens is 280 g/mol. The number of carbonyl (C=O) groups excluding carboxylic acids is 1. The summed E-state index contributed by atoms with van der Waals surface area (Å²) in [5, 5.41) is 14.1. The molecule has 6 heteroatoms. The van der Waals surface area contributed by atoms with Gasteiger partial charge in [-0.1, -0.05) is 0 Å². The Kier molecular flexibility index (Phi) is 3.31. The Morgan fingerprint density at radius 3 is 3.05 bits per heavy atom. The summed E-state index contributed by atoms with van der Waals surface area (Å²) in [4.78, 5) is 21.3. The number of pyridine rings is 1. The van der Waals surface area contributed by atoms with Gasteiger partial charge < -0.3 is 20.2 Å². The fraction of sp³-hybridized carbons (Fsp3) is 0.625. The van der Waals surface area contributed by atoms with Crippen LogP contribution in [0.25, 0.3) is 0 Å². The summed E-state index contributed by atoms with van der Waals surface area (Å²) in [5.41, 5.74) is 0.0482. The van der Waals surface area contributed by atoms with E-state index in [1.165, 1.54) is 0 Å². The number of carbonyl (C=O) groups is 1. The minimum absolute atomic E-state index is 0.104. The first-order valence-electron chi connectivity index (χ1n) is 8.14. The molecule has 1 atom stereocenters. The van der Waals surface area contributed by atoms with E-state index in [4.69, 9.17) is 0 Å². The van der Waals surface area contributed by atoms with Crippen molar-refractivity contribution in [3.05, 3.63) is 18.3 Å². The maximum absolute atomic E-state index is 12.9. The number of anilines is 2. The molecule has 22 heavy (non-hydrogen) atoms. The Labute approximate surface area is 130 Å². The van der Waals surface area contributed by atoms with Crippen LogP contribution in [0.2, 0.25) is 0 Å². The quantitative estimate of drug-likeness (QED) is 0.833. The molecule has 0 radical (unpaired) electrons. The topological polar surface area (TPSA) is 68.7 Å². The molecule has 3 aliphatic heterocycles. The smallest absolute Gasteiger partial charge is 0.249 e. The molecule has 4 rings (SSSR count). The van der Waals surface area contributed by atoms with Crippen molar-refractivity contribution in [1.29, 1.82) is 0 Å². The van der Waals surface area contributed by atoms with Crippen molar-refractivity contribution in [3.63, 3.8) is 0 Å². The second-order valence-electron chi connectivity index (χ2n) is 6.60. The third-order valence-corrected chi connectivity index (χ3v) is 5.12. The van der Waals surface area contributed by atoms with Gasteiger partial charge in [-0.3, -0.25) is 4.79 Å². The standard InChI is InChI=1S/C16H22N4O2/c21-15-13-4-2-10-19(13)14-12(3-1-7-18-14)20(15)11-16(22)5-8-17-9-6-16/h1,3,7,13,17,22H,2,4-6,8-11H2/t13-/m1/s1. The summed E-state index contributed by atoms with van der Waals surface area (Å²) in [7, 11) is 0. The molecule has 0 spiro atoms. The molecule has 1 amide bonds. The lowest BCUT2D eigenvalue weighted by molar-refractivity contribution is -0.121. The summed E-state index contributed by atoms with van der Waals surface area (Å²) in [6.45, 7) is 2.86. The largest absolute Gasteiger partial charge is 0.388 e. The first-order chi connectivity index (χ1) is 10.7. The highest BCUT2D eigenvalue weighted by atomic mass is 16.3. The molecule has 1 aromatic heterocycles. The maximum Gasteiger partial charge on any atom is 0.249 e. The summed E-state index contributed by atoms with van der Waals surface area (Å²) in [5.74, 6) is 1.01. The van der Waals surface area contributed by atoms with Crippen LogP contribution in [0.3, 0.4) is 0 Å². The Balaban J connectivity index is 1.69. The fourth-order valence-electron chi connectivity index (χ4n) is 3.90. The zero-order chi connectivity index (χ0) is 15.2. The lowest BCUT2D eigenvalue weighted by Gasteiger charge is -2.43. The highest BCUT2D eigenvalue weighted by Gasteiger charge is 2.44. The molecule has 0 unspecified atom stereocenters. The highest BCUT2D eigenvalue weighted by molar-refractivity contribution is 6.05. The fourth-order valence-corrected chi connectivity index (χ4v) is 3.90. The normalized spacial score (nSPS) is 26.8. The first-order valence-corrected chi connectivity index (χ1v) is 8.14. The number of aromatic nitrogens is 1. The van der Waals surface area contributed by atoms with E-state index in [-0.39, 0.29) is 11.9 Å². The number of hydrogen-bond acceptors (Lipinski definition) is 5. The van der Waals surface area contributed by atoms with E-state index in [1.54, 1.807) is 11.1 Å². The van der Waals surface area contributed by atoms with E-state index in [0.29, 0.717) is 19.4 Å². The Hall–Kier alpha value is -1.66. The molecule has 0 aromatic carbocycles. The maximum atomic E-state index is 12.9. The molecule has 3 aliphatic rings. The second kappa shape index (κ2) is 5.21. The van der Waals surface area contributed by atoms with Crippen LogP contribution in [0.5, 0.6) is 0 Å². The predicted molar refractivity (Wildman–Crippen MR) is 84.0 cm³/mol. The number of amides is 1. The van der Waals surface area contributed by atoms with Crippen molar-refractivity contribution < 1.29 is 9.90 Å². The monoisotopic (exact) mass is 302 g/mol. The van der Waals surface area contributed by atoms with Crippen LogP contribution in [-0.2, 0) is 4.79 Å². The van der Waals surface area contributed by atoms with Gasteiger partial charge >= 0.3 is 0 Å². The van der Waals surface area contributed by atoms with E-state index in [2.05, 4.69) is 15.2 Å². The molecule has 0 bridgehead atoms. The highest BCUT2D eigenvalue weighted by Crippen LogP contribution is 2.39. The minimum Gasteiger partial charge on any atom is -0.388 e. The van der Waals surface area contributed by atoms with Gasteiger partial charge in [0, 0.05) is 12.7 Å². The predicted octanol–water partition coefficient (Wildman–Crippen LogP) is 0.512. The molecule has 4 heterocycles. The van der Waals surface area contributed by atoms with Crippen molar-refractivity contribution in [2.45, 2.75) is 37.3 Å². The Morgan fingerprint density at radius 1 is 1.41 bits per heavy atom. The van der Waals surface area contributed by atoms with Gasteiger partial charge in [0.15, 0.2) is 5.82 Å². The van der Waals surface area contributed by atoms with Crippen LogP contribution < -0.4 is 15.1 Å². The van der Waals surface area contributed by atoms with Gasteiger partial charge in [-0.05, 0) is 50.9 Å². The average molecular weight is 302 g/mol. The number of piperidine rings is 1. The molecular formula is C16H22N4O2. The molecule has 0 saturated carbocycles. The summed E-state index contributed by atoms with van der Waals surface area (Å²) in [6, 6.07) is 3.70. The molecule has 2 fully saturated rings. The van der Waals surface area contributed by atoms with Gasteiger partial charge in [-0.2, -0.15) is 0 Å². The van der Waals surface area contributed by atoms with Crippen LogP contribution in [0.1, 0.15) is 25.7 Å². The summed E-state index contributed by atoms with van der Waals surface area (Å²) >= 11 is 0.